The summed E-state index contributed by atoms with van der Waals surface area (Å²) in [5.41, 5.74) is 1.10. The minimum Gasteiger partial charge on any atom is -0.410 e. The highest BCUT2D eigenvalue weighted by Crippen LogP contribution is 2.37. The van der Waals surface area contributed by atoms with Crippen LogP contribution in [0.15, 0.2) is 15.7 Å². The molecule has 1 atom stereocenters. The van der Waals surface area contributed by atoms with Gasteiger partial charge in [-0.1, -0.05) is 39.5 Å². The minimum absolute atomic E-state index is 0.183. The fourth-order valence-corrected chi connectivity index (χ4v) is 4.58. The molecule has 124 valence electrons. The molecule has 0 N–H and O–H groups in total. The predicted octanol–water partition coefficient (Wildman–Crippen LogP) is 4.63. The lowest BCUT2D eigenvalue weighted by Gasteiger charge is -2.16. The summed E-state index contributed by atoms with van der Waals surface area (Å²) in [6.07, 6.45) is 3.55. The van der Waals surface area contributed by atoms with Crippen LogP contribution in [-0.2, 0) is 17.6 Å². The maximum Gasteiger partial charge on any atom is 0.277 e. The number of nitrogens with zero attached hydrogens (tertiary/aromatic N) is 2. The molecule has 0 aromatic carbocycles. The molecule has 3 rings (SSSR count). The Labute approximate surface area is 145 Å². The number of thiophene rings is 1. The zero-order valence-electron chi connectivity index (χ0n) is 14.0. The van der Waals surface area contributed by atoms with E-state index < -0.39 is 0 Å². The smallest absolute Gasteiger partial charge is 0.277 e. The highest BCUT2D eigenvalue weighted by atomic mass is 32.2. The lowest BCUT2D eigenvalue weighted by Crippen LogP contribution is -2.21. The van der Waals surface area contributed by atoms with E-state index in [0.29, 0.717) is 16.9 Å². The number of carbonyl (C=O) groups is 1. The number of rotatable bonds is 4. The Morgan fingerprint density at radius 2 is 2.22 bits per heavy atom. The average Bonchev–Trinajstić information content (AvgIpc) is 3.09. The van der Waals surface area contributed by atoms with Crippen molar-refractivity contribution in [2.75, 3.05) is 5.75 Å². The van der Waals surface area contributed by atoms with Gasteiger partial charge >= 0.3 is 0 Å². The van der Waals surface area contributed by atoms with Crippen molar-refractivity contribution < 1.29 is 9.21 Å². The van der Waals surface area contributed by atoms with E-state index in [-0.39, 0.29) is 11.2 Å². The first-order valence-electron chi connectivity index (χ1n) is 7.94. The lowest BCUT2D eigenvalue weighted by atomic mass is 9.90. The molecule has 0 amide bonds. The van der Waals surface area contributed by atoms with Crippen molar-refractivity contribution in [2.45, 2.75) is 52.2 Å². The number of hydrogen-bond donors (Lipinski definition) is 0. The van der Waals surface area contributed by atoms with Crippen LogP contribution in [0, 0.1) is 11.3 Å². The monoisotopic (exact) mass is 350 g/mol. The van der Waals surface area contributed by atoms with Crippen LogP contribution >= 0.6 is 23.1 Å². The number of ketones is 1. The van der Waals surface area contributed by atoms with E-state index in [1.165, 1.54) is 28.6 Å². The maximum atomic E-state index is 12.0. The molecule has 0 unspecified atom stereocenters. The van der Waals surface area contributed by atoms with Gasteiger partial charge in [-0.15, -0.1) is 21.5 Å². The normalized spacial score (nSPS) is 18.0. The summed E-state index contributed by atoms with van der Waals surface area (Å²) in [4.78, 5) is 14.5. The first kappa shape index (κ1) is 16.7. The van der Waals surface area contributed by atoms with Crippen molar-refractivity contribution in [1.29, 1.82) is 0 Å². The molecule has 4 nitrogen and oxygen atoms in total. The zero-order valence-corrected chi connectivity index (χ0v) is 15.6. The Balaban J connectivity index is 1.69. The number of carbonyl (C=O) groups excluding carboxylic acids is 1. The number of aryl methyl sites for hydroxylation is 1. The molecular weight excluding hydrogens is 328 g/mol. The van der Waals surface area contributed by atoms with E-state index in [4.69, 9.17) is 4.42 Å². The number of fused-ring (bicyclic) bond motifs is 1. The molecule has 0 radical (unpaired) electrons. The second-order valence-corrected chi connectivity index (χ2v) is 9.31. The molecule has 0 fully saturated rings. The minimum atomic E-state index is -0.334. The van der Waals surface area contributed by atoms with Crippen LogP contribution < -0.4 is 0 Å². The highest BCUT2D eigenvalue weighted by Gasteiger charge is 2.23. The average molecular weight is 351 g/mol. The molecule has 0 spiro atoms. The summed E-state index contributed by atoms with van der Waals surface area (Å²) in [5, 5.41) is 8.69. The predicted molar refractivity (Wildman–Crippen MR) is 94.0 cm³/mol. The van der Waals surface area contributed by atoms with Crippen LogP contribution in [0.4, 0.5) is 0 Å². The van der Waals surface area contributed by atoms with Gasteiger partial charge in [0.25, 0.3) is 11.1 Å². The van der Waals surface area contributed by atoms with Crippen LogP contribution in [0.2, 0.25) is 0 Å². The van der Waals surface area contributed by atoms with Gasteiger partial charge in [-0.05, 0) is 36.8 Å². The molecule has 0 saturated carbocycles. The fraction of sp³-hybridized carbons (Fsp3) is 0.588. The van der Waals surface area contributed by atoms with Crippen molar-refractivity contribution in [3.8, 4) is 10.8 Å². The van der Waals surface area contributed by atoms with Crippen molar-refractivity contribution in [3.05, 3.63) is 16.5 Å². The van der Waals surface area contributed by atoms with E-state index in [1.54, 1.807) is 11.3 Å². The summed E-state index contributed by atoms with van der Waals surface area (Å²) in [7, 11) is 0. The van der Waals surface area contributed by atoms with E-state index in [2.05, 4.69) is 23.2 Å². The molecule has 23 heavy (non-hydrogen) atoms. The summed E-state index contributed by atoms with van der Waals surface area (Å²) in [6, 6.07) is 2.19. The van der Waals surface area contributed by atoms with Gasteiger partial charge in [0.2, 0.25) is 0 Å². The molecule has 2 heterocycles. The van der Waals surface area contributed by atoms with Crippen molar-refractivity contribution in [3.63, 3.8) is 0 Å². The largest absolute Gasteiger partial charge is 0.410 e. The third kappa shape index (κ3) is 3.86. The van der Waals surface area contributed by atoms with Gasteiger partial charge in [-0.25, -0.2) is 0 Å². The Kier molecular flexibility index (Phi) is 4.65. The van der Waals surface area contributed by atoms with E-state index in [1.807, 2.05) is 20.8 Å². The quantitative estimate of drug-likeness (QED) is 0.753. The van der Waals surface area contributed by atoms with Crippen LogP contribution in [0.3, 0.4) is 0 Å². The van der Waals surface area contributed by atoms with Gasteiger partial charge in [-0.3, -0.25) is 4.79 Å². The molecular formula is C17H22N2O2S2. The second-order valence-electron chi connectivity index (χ2n) is 7.24. The molecule has 2 aromatic heterocycles. The van der Waals surface area contributed by atoms with E-state index in [9.17, 15) is 4.79 Å². The molecule has 6 heteroatoms. The van der Waals surface area contributed by atoms with Crippen LogP contribution in [0.25, 0.3) is 10.8 Å². The lowest BCUT2D eigenvalue weighted by molar-refractivity contribution is -0.123. The van der Waals surface area contributed by atoms with Gasteiger partial charge < -0.3 is 4.42 Å². The summed E-state index contributed by atoms with van der Waals surface area (Å²) >= 11 is 3.08. The highest BCUT2D eigenvalue weighted by molar-refractivity contribution is 7.99. The summed E-state index contributed by atoms with van der Waals surface area (Å²) in [6.45, 7) is 8.07. The topological polar surface area (TPSA) is 56.0 Å². The fourth-order valence-electron chi connectivity index (χ4n) is 2.52. The van der Waals surface area contributed by atoms with Crippen molar-refractivity contribution >= 4 is 28.9 Å². The summed E-state index contributed by atoms with van der Waals surface area (Å²) in [5.74, 6) is 1.87. The Hall–Kier alpha value is -1.14. The Morgan fingerprint density at radius 1 is 1.43 bits per heavy atom. The van der Waals surface area contributed by atoms with Gasteiger partial charge in [0.1, 0.15) is 5.78 Å². The third-order valence-corrected chi connectivity index (χ3v) is 6.15. The summed E-state index contributed by atoms with van der Waals surface area (Å²) < 4.78 is 5.74. The molecule has 0 bridgehead atoms. The van der Waals surface area contributed by atoms with Crippen LogP contribution in [0.1, 0.15) is 44.6 Å². The van der Waals surface area contributed by atoms with Crippen molar-refractivity contribution in [2.24, 2.45) is 11.3 Å². The SMILES string of the molecule is C[C@H]1CCc2sc(-c3nnc(SCC(=O)C(C)(C)C)o3)cc2C1. The maximum absolute atomic E-state index is 12.0. The standard InChI is InChI=1S/C17H22N2O2S2/c1-10-5-6-12-11(7-10)8-13(23-12)15-18-19-16(21-15)22-9-14(20)17(2,3)4/h8,10H,5-7,9H2,1-4H3/t10-/m0/s1. The molecule has 0 saturated heterocycles. The number of aromatic nitrogens is 2. The number of thioether (sulfide) groups is 1. The number of hydrogen-bond acceptors (Lipinski definition) is 6. The molecule has 2 aromatic rings. The van der Waals surface area contributed by atoms with Gasteiger partial charge in [0.05, 0.1) is 10.6 Å². The Bertz CT molecular complexity index is 712. The van der Waals surface area contributed by atoms with Crippen molar-refractivity contribution in [1.82, 2.24) is 10.2 Å². The van der Waals surface area contributed by atoms with Crippen LogP contribution in [-0.4, -0.2) is 21.7 Å². The first-order valence-corrected chi connectivity index (χ1v) is 9.74. The third-order valence-electron chi connectivity index (χ3n) is 4.11. The molecule has 0 aliphatic heterocycles. The van der Waals surface area contributed by atoms with Gasteiger partial charge in [-0.2, -0.15) is 0 Å². The molecule has 1 aliphatic rings. The molecule has 1 aliphatic carbocycles. The van der Waals surface area contributed by atoms with E-state index in [0.717, 1.165) is 23.6 Å². The van der Waals surface area contributed by atoms with Gasteiger partial charge in [0.15, 0.2) is 0 Å². The second kappa shape index (κ2) is 6.40. The van der Waals surface area contributed by atoms with Gasteiger partial charge in [0, 0.05) is 10.3 Å². The van der Waals surface area contributed by atoms with Crippen LogP contribution in [0.5, 0.6) is 0 Å². The number of Topliss-reactive ketones (excluding diaryl/α,β-unsaturated/α-hetero) is 1. The van der Waals surface area contributed by atoms with E-state index >= 15 is 0 Å². The Morgan fingerprint density at radius 3 is 2.96 bits per heavy atom. The first-order chi connectivity index (χ1) is 10.8. The zero-order chi connectivity index (χ0) is 16.6.